The first-order valence-corrected chi connectivity index (χ1v) is 4.72. The molecule has 1 aromatic carbocycles. The van der Waals surface area contributed by atoms with Gasteiger partial charge in [-0.25, -0.2) is 0 Å². The first-order chi connectivity index (χ1) is 6.54. The highest BCUT2D eigenvalue weighted by Gasteiger charge is 2.29. The summed E-state index contributed by atoms with van der Waals surface area (Å²) >= 11 is -0.127. The van der Waals surface area contributed by atoms with Gasteiger partial charge >= 0.3 is 5.51 Å². The number of ether oxygens (including phenoxy) is 1. The van der Waals surface area contributed by atoms with Gasteiger partial charge in [-0.2, -0.15) is 13.2 Å². The van der Waals surface area contributed by atoms with Crippen LogP contribution in [0.15, 0.2) is 23.1 Å². The van der Waals surface area contributed by atoms with Crippen LogP contribution in [0.2, 0.25) is 0 Å². The highest BCUT2D eigenvalue weighted by molar-refractivity contribution is 8.00. The lowest BCUT2D eigenvalue weighted by Crippen LogP contribution is -1.98. The van der Waals surface area contributed by atoms with Crippen molar-refractivity contribution in [3.63, 3.8) is 0 Å². The van der Waals surface area contributed by atoms with Gasteiger partial charge in [-0.05, 0) is 23.9 Å². The number of hydrogen-bond acceptors (Lipinski definition) is 2. The molecule has 0 spiro atoms. The Labute approximate surface area is 83.3 Å². The number of benzene rings is 1. The molecule has 0 aromatic heterocycles. The minimum absolute atomic E-state index is 0.127. The zero-order chi connectivity index (χ0) is 10.2. The van der Waals surface area contributed by atoms with Gasteiger partial charge in [0.25, 0.3) is 0 Å². The smallest absolute Gasteiger partial charge is 0.446 e. The molecule has 0 fully saturated rings. The van der Waals surface area contributed by atoms with E-state index in [0.717, 1.165) is 5.56 Å². The molecule has 5 heteroatoms. The Morgan fingerprint density at radius 3 is 2.79 bits per heavy atom. The molecule has 75 valence electrons. The Bertz CT molecular complexity index is 348. The first kappa shape index (κ1) is 9.71. The van der Waals surface area contributed by atoms with Gasteiger partial charge in [0.2, 0.25) is 0 Å². The number of halogens is 3. The van der Waals surface area contributed by atoms with E-state index in [4.69, 9.17) is 4.74 Å². The van der Waals surface area contributed by atoms with Crippen molar-refractivity contribution in [2.45, 2.75) is 10.4 Å². The van der Waals surface area contributed by atoms with Crippen molar-refractivity contribution in [1.29, 1.82) is 0 Å². The predicted octanol–water partition coefficient (Wildman–Crippen LogP) is 3.24. The number of fused-ring (bicyclic) bond motifs is 1. The summed E-state index contributed by atoms with van der Waals surface area (Å²) < 4.78 is 41.1. The first-order valence-electron chi connectivity index (χ1n) is 3.90. The van der Waals surface area contributed by atoms with Crippen molar-refractivity contribution >= 4 is 11.8 Å². The minimum Gasteiger partial charge on any atom is -0.493 e. The Balaban J connectivity index is 2.21. The fourth-order valence-corrected chi connectivity index (χ4v) is 1.80. The molecule has 1 aliphatic rings. The maximum absolute atomic E-state index is 12.0. The maximum atomic E-state index is 12.0. The van der Waals surface area contributed by atoms with Crippen LogP contribution in [-0.2, 0) is 0 Å². The third-order valence-electron chi connectivity index (χ3n) is 1.76. The lowest BCUT2D eigenvalue weighted by molar-refractivity contribution is -0.0328. The molecule has 0 unspecified atom stereocenters. The summed E-state index contributed by atoms with van der Waals surface area (Å²) in [6.45, 7) is 0.440. The standard InChI is InChI=1S/C9H6F3OS/c10-9(11,12)14-7-2-1-6-3-4-13-8(6)5-7/h1-3,5H,4H2. The highest BCUT2D eigenvalue weighted by atomic mass is 32.2. The number of hydrogen-bond donors (Lipinski definition) is 0. The fourth-order valence-electron chi connectivity index (χ4n) is 1.23. The van der Waals surface area contributed by atoms with Crippen molar-refractivity contribution in [3.05, 3.63) is 30.2 Å². The SMILES string of the molecule is FC(F)(F)Sc1ccc2c(c1)OC[CH]2. The van der Waals surface area contributed by atoms with E-state index >= 15 is 0 Å². The molecule has 1 aromatic rings. The van der Waals surface area contributed by atoms with E-state index in [0.29, 0.717) is 12.4 Å². The van der Waals surface area contributed by atoms with E-state index in [1.54, 1.807) is 6.07 Å². The lowest BCUT2D eigenvalue weighted by atomic mass is 10.2. The molecule has 1 nitrogen and oxygen atoms in total. The highest BCUT2D eigenvalue weighted by Crippen LogP contribution is 2.39. The molecule has 0 saturated carbocycles. The van der Waals surface area contributed by atoms with Crippen LogP contribution in [-0.4, -0.2) is 12.1 Å². The molecular weight excluding hydrogens is 213 g/mol. The second kappa shape index (κ2) is 3.38. The van der Waals surface area contributed by atoms with Crippen molar-refractivity contribution in [3.8, 4) is 5.75 Å². The van der Waals surface area contributed by atoms with Gasteiger partial charge in [0.15, 0.2) is 0 Å². The summed E-state index contributed by atoms with van der Waals surface area (Å²) in [7, 11) is 0. The molecule has 0 saturated heterocycles. The normalized spacial score (nSPS) is 15.1. The third kappa shape index (κ3) is 2.15. The van der Waals surface area contributed by atoms with Crippen molar-refractivity contribution in [1.82, 2.24) is 0 Å². The van der Waals surface area contributed by atoms with Gasteiger partial charge in [0.05, 0.1) is 6.61 Å². The van der Waals surface area contributed by atoms with Gasteiger partial charge in [0, 0.05) is 16.9 Å². The molecule has 1 heterocycles. The largest absolute Gasteiger partial charge is 0.493 e. The molecule has 0 aliphatic carbocycles. The van der Waals surface area contributed by atoms with Gasteiger partial charge in [-0.3, -0.25) is 0 Å². The Morgan fingerprint density at radius 1 is 1.29 bits per heavy atom. The van der Waals surface area contributed by atoms with E-state index in [-0.39, 0.29) is 16.7 Å². The minimum atomic E-state index is -4.24. The average Bonchev–Trinajstić information content (AvgIpc) is 2.47. The topological polar surface area (TPSA) is 9.23 Å². The predicted molar refractivity (Wildman–Crippen MR) is 47.3 cm³/mol. The molecule has 0 bridgehead atoms. The van der Waals surface area contributed by atoms with Gasteiger partial charge in [0.1, 0.15) is 5.75 Å². The van der Waals surface area contributed by atoms with Crippen LogP contribution in [0.25, 0.3) is 0 Å². The summed E-state index contributed by atoms with van der Waals surface area (Å²) in [5.41, 5.74) is -3.38. The quantitative estimate of drug-likeness (QED) is 0.670. The molecule has 1 aliphatic heterocycles. The second-order valence-electron chi connectivity index (χ2n) is 2.76. The van der Waals surface area contributed by atoms with Crippen LogP contribution in [0.5, 0.6) is 5.75 Å². The summed E-state index contributed by atoms with van der Waals surface area (Å²) in [4.78, 5) is 0.159. The zero-order valence-electron chi connectivity index (χ0n) is 6.97. The van der Waals surface area contributed by atoms with E-state index in [2.05, 4.69) is 0 Å². The molecule has 0 amide bonds. The van der Waals surface area contributed by atoms with Crippen molar-refractivity contribution in [2.24, 2.45) is 0 Å². The molecule has 0 atom stereocenters. The van der Waals surface area contributed by atoms with Crippen LogP contribution in [0.3, 0.4) is 0 Å². The third-order valence-corrected chi connectivity index (χ3v) is 2.48. The Hall–Kier alpha value is -0.840. The second-order valence-corrected chi connectivity index (χ2v) is 3.90. The molecule has 14 heavy (non-hydrogen) atoms. The average molecular weight is 219 g/mol. The van der Waals surface area contributed by atoms with Crippen molar-refractivity contribution in [2.75, 3.05) is 6.61 Å². The monoisotopic (exact) mass is 219 g/mol. The van der Waals surface area contributed by atoms with Gasteiger partial charge in [-0.15, -0.1) is 0 Å². The molecular formula is C9H6F3OS. The summed E-state index contributed by atoms with van der Waals surface area (Å²) in [5.74, 6) is 0.527. The number of thioether (sulfide) groups is 1. The summed E-state index contributed by atoms with van der Waals surface area (Å²) in [5, 5.41) is 0. The van der Waals surface area contributed by atoms with E-state index in [1.165, 1.54) is 12.1 Å². The molecule has 0 N–H and O–H groups in total. The van der Waals surface area contributed by atoms with E-state index < -0.39 is 5.51 Å². The van der Waals surface area contributed by atoms with Crippen LogP contribution in [0, 0.1) is 6.42 Å². The van der Waals surface area contributed by atoms with Crippen molar-refractivity contribution < 1.29 is 17.9 Å². The maximum Gasteiger partial charge on any atom is 0.446 e. The van der Waals surface area contributed by atoms with Gasteiger partial charge in [-0.1, -0.05) is 6.07 Å². The van der Waals surface area contributed by atoms with E-state index in [1.807, 2.05) is 6.42 Å². The van der Waals surface area contributed by atoms with Crippen LogP contribution < -0.4 is 4.74 Å². The zero-order valence-corrected chi connectivity index (χ0v) is 7.78. The Morgan fingerprint density at radius 2 is 2.07 bits per heavy atom. The van der Waals surface area contributed by atoms with Crippen LogP contribution >= 0.6 is 11.8 Å². The summed E-state index contributed by atoms with van der Waals surface area (Å²) in [6, 6.07) is 4.50. The number of alkyl halides is 3. The summed E-state index contributed by atoms with van der Waals surface area (Å²) in [6.07, 6.45) is 1.83. The lowest BCUT2D eigenvalue weighted by Gasteiger charge is -2.06. The van der Waals surface area contributed by atoms with Crippen LogP contribution in [0.4, 0.5) is 13.2 Å². The van der Waals surface area contributed by atoms with Crippen LogP contribution in [0.1, 0.15) is 5.56 Å². The Kier molecular flexibility index (Phi) is 2.34. The van der Waals surface area contributed by atoms with E-state index in [9.17, 15) is 13.2 Å². The van der Waals surface area contributed by atoms with Gasteiger partial charge < -0.3 is 4.74 Å². The number of rotatable bonds is 1. The molecule has 2 rings (SSSR count). The molecule has 1 radical (unpaired) electrons. The fraction of sp³-hybridized carbons (Fsp3) is 0.222.